The van der Waals surface area contributed by atoms with Crippen LogP contribution in [0.2, 0.25) is 5.28 Å². The van der Waals surface area contributed by atoms with Crippen LogP contribution in [-0.4, -0.2) is 29.7 Å². The van der Waals surface area contributed by atoms with Crippen molar-refractivity contribution in [2.75, 3.05) is 25.1 Å². The van der Waals surface area contributed by atoms with E-state index in [1.54, 1.807) is 11.3 Å². The summed E-state index contributed by atoms with van der Waals surface area (Å²) in [5.74, 6) is 1.34. The van der Waals surface area contributed by atoms with Crippen molar-refractivity contribution in [3.8, 4) is 0 Å². The number of thiophene rings is 1. The van der Waals surface area contributed by atoms with E-state index in [9.17, 15) is 0 Å². The van der Waals surface area contributed by atoms with Crippen molar-refractivity contribution in [2.24, 2.45) is 5.92 Å². The zero-order chi connectivity index (χ0) is 13.8. The van der Waals surface area contributed by atoms with Crippen LogP contribution in [0, 0.1) is 12.8 Å². The van der Waals surface area contributed by atoms with E-state index in [1.807, 2.05) is 0 Å². The molecule has 0 saturated heterocycles. The molecule has 0 aliphatic rings. The molecule has 4 nitrogen and oxygen atoms in total. The maximum atomic E-state index is 5.93. The third-order valence-electron chi connectivity index (χ3n) is 2.48. The molecule has 1 N–H and O–H groups in total. The molecule has 0 aliphatic carbocycles. The second-order valence-electron chi connectivity index (χ2n) is 4.81. The Morgan fingerprint density at radius 2 is 2.21 bits per heavy atom. The van der Waals surface area contributed by atoms with Crippen molar-refractivity contribution < 1.29 is 4.74 Å². The Balaban J connectivity index is 1.99. The molecule has 0 amide bonds. The predicted molar refractivity (Wildman–Crippen MR) is 81.3 cm³/mol. The van der Waals surface area contributed by atoms with E-state index in [0.717, 1.165) is 22.6 Å². The Hall–Kier alpha value is -0.910. The van der Waals surface area contributed by atoms with Gasteiger partial charge >= 0.3 is 0 Å². The minimum Gasteiger partial charge on any atom is -0.379 e. The fraction of sp³-hybridized carbons (Fsp3) is 0.538. The molecular formula is C13H18ClN3OS. The Bertz CT molecular complexity index is 556. The average molecular weight is 300 g/mol. The number of ether oxygens (including phenoxy) is 1. The summed E-state index contributed by atoms with van der Waals surface area (Å²) in [5, 5.41) is 4.56. The summed E-state index contributed by atoms with van der Waals surface area (Å²) < 4.78 is 5.53. The van der Waals surface area contributed by atoms with Crippen molar-refractivity contribution in [2.45, 2.75) is 20.8 Å². The van der Waals surface area contributed by atoms with Gasteiger partial charge in [-0.2, -0.15) is 0 Å². The first-order valence-electron chi connectivity index (χ1n) is 6.31. The summed E-state index contributed by atoms with van der Waals surface area (Å²) in [5.41, 5.74) is 0. The summed E-state index contributed by atoms with van der Waals surface area (Å²) in [7, 11) is 0. The minimum absolute atomic E-state index is 0.278. The number of fused-ring (bicyclic) bond motifs is 1. The van der Waals surface area contributed by atoms with Gasteiger partial charge in [0.05, 0.1) is 12.0 Å². The Morgan fingerprint density at radius 1 is 1.42 bits per heavy atom. The van der Waals surface area contributed by atoms with Crippen LogP contribution in [0.5, 0.6) is 0 Å². The number of hydrogen-bond donors (Lipinski definition) is 1. The second-order valence-corrected chi connectivity index (χ2v) is 6.39. The first kappa shape index (κ1) is 14.5. The molecule has 0 aromatic carbocycles. The lowest BCUT2D eigenvalue weighted by atomic mass is 10.2. The lowest BCUT2D eigenvalue weighted by molar-refractivity contribution is 0.118. The fourth-order valence-corrected chi connectivity index (χ4v) is 2.81. The first-order valence-corrected chi connectivity index (χ1v) is 7.51. The lowest BCUT2D eigenvalue weighted by Crippen LogP contribution is -2.13. The van der Waals surface area contributed by atoms with E-state index >= 15 is 0 Å². The number of anilines is 1. The monoisotopic (exact) mass is 299 g/mol. The number of nitrogens with one attached hydrogen (secondary N) is 1. The van der Waals surface area contributed by atoms with Gasteiger partial charge < -0.3 is 10.1 Å². The number of nitrogens with zero attached hydrogens (tertiary/aromatic N) is 2. The number of rotatable bonds is 6. The van der Waals surface area contributed by atoms with Gasteiger partial charge in [0.15, 0.2) is 0 Å². The highest BCUT2D eigenvalue weighted by molar-refractivity contribution is 7.18. The fourth-order valence-electron chi connectivity index (χ4n) is 1.71. The summed E-state index contributed by atoms with van der Waals surface area (Å²) in [6.07, 6.45) is 0. The van der Waals surface area contributed by atoms with Crippen LogP contribution < -0.4 is 5.32 Å². The summed E-state index contributed by atoms with van der Waals surface area (Å²) in [4.78, 5) is 10.6. The van der Waals surface area contributed by atoms with Gasteiger partial charge in [-0.15, -0.1) is 11.3 Å². The molecule has 0 fully saturated rings. The molecule has 0 spiro atoms. The van der Waals surface area contributed by atoms with Crippen molar-refractivity contribution in [1.82, 2.24) is 9.97 Å². The Labute approximate surface area is 122 Å². The van der Waals surface area contributed by atoms with Crippen molar-refractivity contribution in [1.29, 1.82) is 0 Å². The molecule has 19 heavy (non-hydrogen) atoms. The quantitative estimate of drug-likeness (QED) is 0.652. The van der Waals surface area contributed by atoms with E-state index < -0.39 is 0 Å². The highest BCUT2D eigenvalue weighted by atomic mass is 35.5. The Kier molecular flexibility index (Phi) is 4.96. The summed E-state index contributed by atoms with van der Waals surface area (Å²) in [6, 6.07) is 2.08. The van der Waals surface area contributed by atoms with E-state index in [2.05, 4.69) is 42.1 Å². The van der Waals surface area contributed by atoms with Gasteiger partial charge in [0.2, 0.25) is 5.28 Å². The van der Waals surface area contributed by atoms with E-state index in [1.165, 1.54) is 4.88 Å². The smallest absolute Gasteiger partial charge is 0.225 e. The Morgan fingerprint density at radius 3 is 2.95 bits per heavy atom. The highest BCUT2D eigenvalue weighted by Crippen LogP contribution is 2.29. The standard InChI is InChI=1S/C13H18ClN3OS/c1-8(2)7-18-5-4-15-11-10-6-9(3)19-12(10)17-13(14)16-11/h6,8H,4-5,7H2,1-3H3,(H,15,16,17). The number of aryl methyl sites for hydroxylation is 1. The van der Waals surface area contributed by atoms with Crippen LogP contribution in [-0.2, 0) is 4.74 Å². The van der Waals surface area contributed by atoms with Crippen molar-refractivity contribution in [3.05, 3.63) is 16.2 Å². The number of hydrogen-bond acceptors (Lipinski definition) is 5. The van der Waals surface area contributed by atoms with Crippen LogP contribution in [0.3, 0.4) is 0 Å². The zero-order valence-corrected chi connectivity index (χ0v) is 12.9. The summed E-state index contributed by atoms with van der Waals surface area (Å²) in [6.45, 7) is 8.47. The van der Waals surface area contributed by atoms with E-state index in [-0.39, 0.29) is 5.28 Å². The van der Waals surface area contributed by atoms with E-state index in [4.69, 9.17) is 16.3 Å². The van der Waals surface area contributed by atoms with Crippen molar-refractivity contribution in [3.63, 3.8) is 0 Å². The molecule has 0 atom stereocenters. The molecule has 0 bridgehead atoms. The average Bonchev–Trinajstić information content (AvgIpc) is 2.68. The molecule has 104 valence electrons. The molecule has 2 rings (SSSR count). The van der Waals surface area contributed by atoms with E-state index in [0.29, 0.717) is 19.1 Å². The largest absolute Gasteiger partial charge is 0.379 e. The minimum atomic E-state index is 0.278. The SMILES string of the molecule is Cc1cc2c(NCCOCC(C)C)nc(Cl)nc2s1. The van der Waals surface area contributed by atoms with Gasteiger partial charge in [0, 0.05) is 18.0 Å². The maximum absolute atomic E-state index is 5.93. The molecule has 2 heterocycles. The van der Waals surface area contributed by atoms with Gasteiger partial charge in [-0.25, -0.2) is 9.97 Å². The first-order chi connectivity index (χ1) is 9.06. The molecule has 0 radical (unpaired) electrons. The molecule has 0 saturated carbocycles. The normalized spacial score (nSPS) is 11.4. The number of aromatic nitrogens is 2. The zero-order valence-electron chi connectivity index (χ0n) is 11.4. The molecular weight excluding hydrogens is 282 g/mol. The number of halogens is 1. The lowest BCUT2D eigenvalue weighted by Gasteiger charge is -2.09. The van der Waals surface area contributed by atoms with Crippen molar-refractivity contribution >= 4 is 39.0 Å². The second kappa shape index (κ2) is 6.50. The van der Waals surface area contributed by atoms with Crippen LogP contribution in [0.4, 0.5) is 5.82 Å². The molecule has 6 heteroatoms. The van der Waals surface area contributed by atoms with Gasteiger partial charge in [0.25, 0.3) is 0 Å². The highest BCUT2D eigenvalue weighted by Gasteiger charge is 2.09. The molecule has 2 aromatic heterocycles. The van der Waals surface area contributed by atoms with Crippen LogP contribution in [0.25, 0.3) is 10.2 Å². The van der Waals surface area contributed by atoms with Crippen LogP contribution in [0.15, 0.2) is 6.07 Å². The molecule has 2 aromatic rings. The van der Waals surface area contributed by atoms with Gasteiger partial charge in [-0.1, -0.05) is 13.8 Å². The third kappa shape index (κ3) is 4.03. The molecule has 0 aliphatic heterocycles. The van der Waals surface area contributed by atoms with Crippen LogP contribution >= 0.6 is 22.9 Å². The predicted octanol–water partition coefficient (Wildman–Crippen LogP) is 3.74. The third-order valence-corrected chi connectivity index (χ3v) is 3.59. The maximum Gasteiger partial charge on any atom is 0.225 e. The van der Waals surface area contributed by atoms with Gasteiger partial charge in [-0.3, -0.25) is 0 Å². The van der Waals surface area contributed by atoms with Gasteiger partial charge in [-0.05, 0) is 30.5 Å². The topological polar surface area (TPSA) is 47.0 Å². The van der Waals surface area contributed by atoms with Crippen LogP contribution in [0.1, 0.15) is 18.7 Å². The summed E-state index contributed by atoms with van der Waals surface area (Å²) >= 11 is 7.55. The molecule has 0 unspecified atom stereocenters. The van der Waals surface area contributed by atoms with Gasteiger partial charge in [0.1, 0.15) is 10.6 Å².